The van der Waals surface area contributed by atoms with E-state index >= 15 is 0 Å². The summed E-state index contributed by atoms with van der Waals surface area (Å²) in [7, 11) is -1.78. The molecule has 0 saturated heterocycles. The summed E-state index contributed by atoms with van der Waals surface area (Å²) in [5, 5.41) is 0.767. The van der Waals surface area contributed by atoms with Gasteiger partial charge in [-0.15, -0.1) is 9.35 Å². The number of aliphatic imine (C=N–C) groups is 2. The maximum Gasteiger partial charge on any atom is 0.303 e. The van der Waals surface area contributed by atoms with Gasteiger partial charge in [0.1, 0.15) is 11.4 Å². The molecule has 0 radical (unpaired) electrons. The highest BCUT2D eigenvalue weighted by Crippen LogP contribution is 2.41. The van der Waals surface area contributed by atoms with Gasteiger partial charge in [0, 0.05) is 17.7 Å². The smallest absolute Gasteiger partial charge is 0.303 e. The van der Waals surface area contributed by atoms with E-state index in [2.05, 4.69) is 9.98 Å². The number of rotatable bonds is 11. The van der Waals surface area contributed by atoms with Crippen LogP contribution in [-0.4, -0.2) is 12.4 Å². The van der Waals surface area contributed by atoms with Gasteiger partial charge < -0.3 is 9.78 Å². The molecule has 0 aliphatic rings. The molecule has 0 fully saturated rings. The molecule has 0 amide bonds. The fraction of sp³-hybridized carbons (Fsp3) is 0. The molecule has 7 heteroatoms. The summed E-state index contributed by atoms with van der Waals surface area (Å²) < 4.78 is 11.6. The Balaban J connectivity index is 1.31. The summed E-state index contributed by atoms with van der Waals surface area (Å²) in [5.74, 6) is 0.897. The fourth-order valence-electron chi connectivity index (χ4n) is 3.43. The van der Waals surface area contributed by atoms with E-state index in [1.54, 1.807) is 24.6 Å². The van der Waals surface area contributed by atoms with Gasteiger partial charge in [-0.3, -0.25) is 9.98 Å². The van der Waals surface area contributed by atoms with Gasteiger partial charge in [-0.05, 0) is 47.5 Å². The third-order valence-electron chi connectivity index (χ3n) is 5.39. The first kappa shape index (κ1) is 26.0. The van der Waals surface area contributed by atoms with Crippen LogP contribution in [0.15, 0.2) is 150 Å². The minimum atomic E-state index is -1.78. The highest BCUT2D eigenvalue weighted by atomic mass is 31.2. The van der Waals surface area contributed by atoms with E-state index in [1.165, 1.54) is 0 Å². The highest BCUT2D eigenvalue weighted by Gasteiger charge is 2.20. The van der Waals surface area contributed by atoms with Crippen molar-refractivity contribution in [1.82, 2.24) is 0 Å². The Bertz CT molecular complexity index is 1420. The van der Waals surface area contributed by atoms with Crippen molar-refractivity contribution in [2.75, 3.05) is 0 Å². The van der Waals surface area contributed by atoms with Crippen molar-refractivity contribution >= 4 is 37.5 Å². The molecule has 5 aromatic rings. The topological polar surface area (TPSA) is 61.6 Å². The van der Waals surface area contributed by atoms with Crippen molar-refractivity contribution in [3.8, 4) is 11.5 Å². The second-order valence-electron chi connectivity index (χ2n) is 8.18. The first-order valence-corrected chi connectivity index (χ1v) is 13.4. The molecule has 0 unspecified atom stereocenters. The molecule has 0 aliphatic carbocycles. The normalized spacial score (nSPS) is 12.0. The zero-order valence-corrected chi connectivity index (χ0v) is 21.8. The molecule has 0 heterocycles. The zero-order chi connectivity index (χ0) is 26.5. The average molecular weight is 533 g/mol. The van der Waals surface area contributed by atoms with Gasteiger partial charge in [0.2, 0.25) is 0 Å². The second-order valence-corrected chi connectivity index (χ2v) is 9.51. The van der Waals surface area contributed by atoms with Gasteiger partial charge in [0.15, 0.2) is 11.5 Å². The third-order valence-corrected chi connectivity index (χ3v) is 6.53. The summed E-state index contributed by atoms with van der Waals surface area (Å²) in [6.45, 7) is 0. The Morgan fingerprint density at radius 3 is 1.28 bits per heavy atom. The molecule has 192 valence electrons. The molecule has 0 aliphatic heterocycles. The highest BCUT2D eigenvalue weighted by molar-refractivity contribution is 7.55. The van der Waals surface area contributed by atoms with Crippen LogP contribution >= 0.6 is 8.38 Å². The summed E-state index contributed by atoms with van der Waals surface area (Å²) in [6.07, 6.45) is 3.55. The summed E-state index contributed by atoms with van der Waals surface area (Å²) in [5.41, 5.74) is 3.19. The lowest BCUT2D eigenvalue weighted by Crippen LogP contribution is -2.09. The quantitative estimate of drug-likeness (QED) is 0.0745. The maximum absolute atomic E-state index is 5.80. The lowest BCUT2D eigenvalue weighted by atomic mass is 10.2. The summed E-state index contributed by atoms with van der Waals surface area (Å²) >= 11 is 0. The number of benzene rings is 5. The molecule has 5 rings (SSSR count). The van der Waals surface area contributed by atoms with Crippen LogP contribution in [-0.2, 0) is 9.35 Å². The molecule has 5 aromatic carbocycles. The molecular weight excluding hydrogens is 507 g/mol. The maximum atomic E-state index is 5.80. The molecule has 0 saturated carbocycles. The fourth-order valence-corrected chi connectivity index (χ4v) is 4.34. The summed E-state index contributed by atoms with van der Waals surface area (Å²) in [4.78, 5) is 20.6. The number of hydrogen-bond acceptors (Lipinski definition) is 6. The predicted molar refractivity (Wildman–Crippen MR) is 157 cm³/mol. The number of para-hydroxylation sites is 4. The van der Waals surface area contributed by atoms with Crippen molar-refractivity contribution in [1.29, 1.82) is 0 Å². The molecule has 0 spiro atoms. The van der Waals surface area contributed by atoms with E-state index in [1.807, 2.05) is 127 Å². The number of hydrogen-bond donors (Lipinski definition) is 0. The SMILES string of the molecule is C(=Nc1ccccc1OOP(OOc1ccccc1N=Cc1ccccc1)c1ccccc1)c1ccccc1. The molecular formula is C32H25N2O4P. The van der Waals surface area contributed by atoms with Gasteiger partial charge >= 0.3 is 8.38 Å². The van der Waals surface area contributed by atoms with Crippen LogP contribution in [0.2, 0.25) is 0 Å². The number of nitrogens with zero attached hydrogens (tertiary/aromatic N) is 2. The van der Waals surface area contributed by atoms with Crippen molar-refractivity contribution in [2.24, 2.45) is 9.98 Å². The monoisotopic (exact) mass is 532 g/mol. The van der Waals surface area contributed by atoms with Crippen molar-refractivity contribution in [3.05, 3.63) is 151 Å². The Kier molecular flexibility index (Phi) is 9.20. The lowest BCUT2D eigenvalue weighted by Gasteiger charge is -2.16. The van der Waals surface area contributed by atoms with Gasteiger partial charge in [-0.1, -0.05) is 103 Å². The van der Waals surface area contributed by atoms with Crippen molar-refractivity contribution in [2.45, 2.75) is 0 Å². The molecule has 39 heavy (non-hydrogen) atoms. The predicted octanol–water partition coefficient (Wildman–Crippen LogP) is 8.15. The minimum absolute atomic E-state index is 0.449. The van der Waals surface area contributed by atoms with E-state index in [4.69, 9.17) is 19.1 Å². The van der Waals surface area contributed by atoms with Crippen molar-refractivity contribution < 1.29 is 19.1 Å². The van der Waals surface area contributed by atoms with Gasteiger partial charge in [0.25, 0.3) is 0 Å². The largest absolute Gasteiger partial charge is 0.329 e. The lowest BCUT2D eigenvalue weighted by molar-refractivity contribution is -0.153. The molecule has 0 atom stereocenters. The van der Waals surface area contributed by atoms with E-state index < -0.39 is 8.38 Å². The van der Waals surface area contributed by atoms with E-state index in [0.717, 1.165) is 16.4 Å². The van der Waals surface area contributed by atoms with Crippen LogP contribution in [0.5, 0.6) is 11.5 Å². The second kappa shape index (κ2) is 13.8. The standard InChI is InChI=1S/C32H25N2O4P/c1-4-14-26(15-5-1)24-33-29-20-10-12-22-31(29)35-37-39(28-18-8-3-9-19-28)38-36-32-23-13-11-21-30(32)34-25-27-16-6-2-7-17-27/h1-25H. The van der Waals surface area contributed by atoms with E-state index in [9.17, 15) is 0 Å². The van der Waals surface area contributed by atoms with Gasteiger partial charge in [-0.25, -0.2) is 0 Å². The third kappa shape index (κ3) is 7.69. The van der Waals surface area contributed by atoms with Crippen LogP contribution in [0.25, 0.3) is 0 Å². The van der Waals surface area contributed by atoms with Crippen molar-refractivity contribution in [3.63, 3.8) is 0 Å². The van der Waals surface area contributed by atoms with Gasteiger partial charge in [-0.2, -0.15) is 0 Å². The zero-order valence-electron chi connectivity index (χ0n) is 20.9. The van der Waals surface area contributed by atoms with Crippen LogP contribution < -0.4 is 15.1 Å². The van der Waals surface area contributed by atoms with Crippen LogP contribution in [0.3, 0.4) is 0 Å². The first-order valence-electron chi connectivity index (χ1n) is 12.3. The Hall–Kier alpha value is -4.61. The Morgan fingerprint density at radius 1 is 0.436 bits per heavy atom. The van der Waals surface area contributed by atoms with Crippen LogP contribution in [0.1, 0.15) is 11.1 Å². The van der Waals surface area contributed by atoms with Gasteiger partial charge in [0.05, 0.1) is 0 Å². The average Bonchev–Trinajstić information content (AvgIpc) is 3.01. The van der Waals surface area contributed by atoms with E-state index in [-0.39, 0.29) is 0 Å². The Labute approximate surface area is 228 Å². The molecule has 0 N–H and O–H groups in total. The van der Waals surface area contributed by atoms with Crippen LogP contribution in [0.4, 0.5) is 11.4 Å². The summed E-state index contributed by atoms with van der Waals surface area (Å²) in [6, 6.07) is 43.9. The minimum Gasteiger partial charge on any atom is -0.329 e. The molecule has 0 aromatic heterocycles. The first-order chi connectivity index (χ1) is 19.3. The van der Waals surface area contributed by atoms with Crippen LogP contribution in [0, 0.1) is 0 Å². The Morgan fingerprint density at radius 2 is 0.821 bits per heavy atom. The molecule has 0 bridgehead atoms. The van der Waals surface area contributed by atoms with E-state index in [0.29, 0.717) is 22.9 Å². The molecule has 6 nitrogen and oxygen atoms in total.